The lowest BCUT2D eigenvalue weighted by atomic mass is 9.97. The van der Waals surface area contributed by atoms with E-state index in [1.807, 2.05) is 44.2 Å². The second kappa shape index (κ2) is 7.53. The van der Waals surface area contributed by atoms with Gasteiger partial charge in [-0.1, -0.05) is 44.2 Å². The van der Waals surface area contributed by atoms with Gasteiger partial charge >= 0.3 is 5.97 Å². The van der Waals surface area contributed by atoms with Crippen LogP contribution in [0.3, 0.4) is 0 Å². The van der Waals surface area contributed by atoms with E-state index < -0.39 is 17.8 Å². The van der Waals surface area contributed by atoms with Crippen LogP contribution < -0.4 is 5.48 Å². The Balaban J connectivity index is 2.42. The van der Waals surface area contributed by atoms with Crippen molar-refractivity contribution in [3.8, 4) is 0 Å². The fraction of sp³-hybridized carbons (Fsp3) is 0.429. The molecule has 0 bridgehead atoms. The molecule has 0 aliphatic heterocycles. The number of carboxylic acid groups (broad SMARTS) is 1. The monoisotopic (exact) mass is 265 g/mol. The van der Waals surface area contributed by atoms with Crippen molar-refractivity contribution in [2.24, 2.45) is 11.8 Å². The maximum absolute atomic E-state index is 11.7. The minimum atomic E-state index is -1.13. The summed E-state index contributed by atoms with van der Waals surface area (Å²) in [6.07, 6.45) is 0.288. The van der Waals surface area contributed by atoms with E-state index in [0.29, 0.717) is 0 Å². The van der Waals surface area contributed by atoms with E-state index in [9.17, 15) is 9.59 Å². The minimum Gasteiger partial charge on any atom is -0.481 e. The lowest BCUT2D eigenvalue weighted by Gasteiger charge is -2.14. The van der Waals surface area contributed by atoms with E-state index in [0.717, 1.165) is 5.56 Å². The van der Waals surface area contributed by atoms with E-state index in [2.05, 4.69) is 5.48 Å². The number of carboxylic acids is 1. The SMILES string of the molecule is CC(C)C[C@@H](C(=O)O)C(=O)NOCc1ccccc1. The Kier molecular flexibility index (Phi) is 6.02. The number of benzene rings is 1. The number of nitrogens with one attached hydrogen (secondary N) is 1. The third-order valence-electron chi connectivity index (χ3n) is 2.58. The summed E-state index contributed by atoms with van der Waals surface area (Å²) in [5, 5.41) is 8.99. The predicted octanol–water partition coefficient (Wildman–Crippen LogP) is 1.98. The molecule has 1 amide bonds. The third-order valence-corrected chi connectivity index (χ3v) is 2.58. The quantitative estimate of drug-likeness (QED) is 0.584. The highest BCUT2D eigenvalue weighted by molar-refractivity contribution is 5.96. The van der Waals surface area contributed by atoms with Gasteiger partial charge in [0.1, 0.15) is 5.92 Å². The van der Waals surface area contributed by atoms with Gasteiger partial charge in [-0.05, 0) is 17.9 Å². The minimum absolute atomic E-state index is 0.126. The highest BCUT2D eigenvalue weighted by Crippen LogP contribution is 2.12. The number of hydrogen-bond donors (Lipinski definition) is 2. The number of hydroxylamine groups is 1. The molecular weight excluding hydrogens is 246 g/mol. The number of carbonyl (C=O) groups excluding carboxylic acids is 1. The van der Waals surface area contributed by atoms with Gasteiger partial charge < -0.3 is 5.11 Å². The highest BCUT2D eigenvalue weighted by Gasteiger charge is 2.27. The summed E-state index contributed by atoms with van der Waals surface area (Å²) in [4.78, 5) is 27.7. The lowest BCUT2D eigenvalue weighted by molar-refractivity contribution is -0.153. The summed E-state index contributed by atoms with van der Waals surface area (Å²) in [5.41, 5.74) is 3.10. The van der Waals surface area contributed by atoms with E-state index >= 15 is 0 Å². The van der Waals surface area contributed by atoms with Gasteiger partial charge in [0.25, 0.3) is 5.91 Å². The van der Waals surface area contributed by atoms with Crippen LogP contribution in [0.5, 0.6) is 0 Å². The van der Waals surface area contributed by atoms with Crippen molar-refractivity contribution in [1.29, 1.82) is 0 Å². The van der Waals surface area contributed by atoms with Gasteiger partial charge in [-0.15, -0.1) is 0 Å². The van der Waals surface area contributed by atoms with Crippen molar-refractivity contribution in [2.75, 3.05) is 0 Å². The van der Waals surface area contributed by atoms with E-state index in [1.54, 1.807) is 0 Å². The normalized spacial score (nSPS) is 12.2. The van der Waals surface area contributed by atoms with Crippen LogP contribution in [0.1, 0.15) is 25.8 Å². The zero-order valence-electron chi connectivity index (χ0n) is 11.1. The average Bonchev–Trinajstić information content (AvgIpc) is 2.36. The molecule has 5 heteroatoms. The Labute approximate surface area is 112 Å². The molecule has 0 unspecified atom stereocenters. The Morgan fingerprint density at radius 2 is 1.89 bits per heavy atom. The summed E-state index contributed by atoms with van der Waals surface area (Å²) in [7, 11) is 0. The van der Waals surface area contributed by atoms with Crippen LogP contribution in [0.25, 0.3) is 0 Å². The molecule has 1 aromatic rings. The number of carbonyl (C=O) groups is 2. The van der Waals surface area contributed by atoms with E-state index in [4.69, 9.17) is 9.94 Å². The summed E-state index contributed by atoms with van der Waals surface area (Å²) in [6, 6.07) is 9.31. The van der Waals surface area contributed by atoms with Crippen LogP contribution in [-0.2, 0) is 21.0 Å². The largest absolute Gasteiger partial charge is 0.481 e. The third kappa shape index (κ3) is 5.52. The molecule has 104 valence electrons. The van der Waals surface area contributed by atoms with Crippen LogP contribution >= 0.6 is 0 Å². The molecule has 0 aliphatic rings. The molecular formula is C14H19NO4. The Hall–Kier alpha value is -1.88. The topological polar surface area (TPSA) is 75.6 Å². The van der Waals surface area contributed by atoms with Gasteiger partial charge in [-0.3, -0.25) is 14.4 Å². The first-order valence-electron chi connectivity index (χ1n) is 6.19. The molecule has 0 saturated heterocycles. The molecule has 1 aromatic carbocycles. The zero-order valence-corrected chi connectivity index (χ0v) is 11.1. The van der Waals surface area contributed by atoms with Gasteiger partial charge in [0.2, 0.25) is 0 Å². The first-order valence-corrected chi connectivity index (χ1v) is 6.19. The molecule has 0 aromatic heterocycles. The second-order valence-corrected chi connectivity index (χ2v) is 4.76. The van der Waals surface area contributed by atoms with Crippen LogP contribution in [-0.4, -0.2) is 17.0 Å². The highest BCUT2D eigenvalue weighted by atomic mass is 16.6. The van der Waals surface area contributed by atoms with Crippen LogP contribution in [0.4, 0.5) is 0 Å². The van der Waals surface area contributed by atoms with E-state index in [1.165, 1.54) is 0 Å². The summed E-state index contributed by atoms with van der Waals surface area (Å²) < 4.78 is 0. The van der Waals surface area contributed by atoms with Crippen LogP contribution in [0, 0.1) is 11.8 Å². The second-order valence-electron chi connectivity index (χ2n) is 4.76. The molecule has 1 rings (SSSR count). The van der Waals surface area contributed by atoms with Crippen molar-refractivity contribution in [3.63, 3.8) is 0 Å². The van der Waals surface area contributed by atoms with Crippen molar-refractivity contribution < 1.29 is 19.5 Å². The number of hydrogen-bond acceptors (Lipinski definition) is 3. The zero-order chi connectivity index (χ0) is 14.3. The van der Waals surface area contributed by atoms with Crippen molar-refractivity contribution in [3.05, 3.63) is 35.9 Å². The lowest BCUT2D eigenvalue weighted by Crippen LogP contribution is -2.36. The maximum atomic E-state index is 11.7. The predicted molar refractivity (Wildman–Crippen MR) is 70.0 cm³/mol. The molecule has 19 heavy (non-hydrogen) atoms. The average molecular weight is 265 g/mol. The molecule has 5 nitrogen and oxygen atoms in total. The van der Waals surface area contributed by atoms with Crippen LogP contribution in [0.2, 0.25) is 0 Å². The molecule has 0 fully saturated rings. The smallest absolute Gasteiger partial charge is 0.316 e. The van der Waals surface area contributed by atoms with Gasteiger partial charge in [0.05, 0.1) is 6.61 Å². The van der Waals surface area contributed by atoms with Gasteiger partial charge in [-0.2, -0.15) is 0 Å². The van der Waals surface area contributed by atoms with Gasteiger partial charge in [0.15, 0.2) is 0 Å². The molecule has 0 heterocycles. The fourth-order valence-corrected chi connectivity index (χ4v) is 1.63. The molecule has 2 N–H and O–H groups in total. The number of rotatable bonds is 7. The van der Waals surface area contributed by atoms with Crippen molar-refractivity contribution in [2.45, 2.75) is 26.9 Å². The van der Waals surface area contributed by atoms with Crippen LogP contribution in [0.15, 0.2) is 30.3 Å². The summed E-state index contributed by atoms with van der Waals surface area (Å²) in [6.45, 7) is 3.95. The summed E-state index contributed by atoms with van der Waals surface area (Å²) in [5.74, 6) is -2.69. The van der Waals surface area contributed by atoms with E-state index in [-0.39, 0.29) is 18.9 Å². The number of aliphatic carboxylic acids is 1. The Bertz CT molecular complexity index is 417. The Morgan fingerprint density at radius 3 is 2.42 bits per heavy atom. The molecule has 1 atom stereocenters. The van der Waals surface area contributed by atoms with Crippen molar-refractivity contribution in [1.82, 2.24) is 5.48 Å². The first-order chi connectivity index (χ1) is 9.00. The standard InChI is InChI=1S/C14H19NO4/c1-10(2)8-12(14(17)18)13(16)15-19-9-11-6-4-3-5-7-11/h3-7,10,12H,8-9H2,1-2H3,(H,15,16)(H,17,18)/t12-/m1/s1. The maximum Gasteiger partial charge on any atom is 0.316 e. The van der Waals surface area contributed by atoms with Crippen molar-refractivity contribution >= 4 is 11.9 Å². The molecule has 0 radical (unpaired) electrons. The Morgan fingerprint density at radius 1 is 1.26 bits per heavy atom. The fourth-order valence-electron chi connectivity index (χ4n) is 1.63. The number of amides is 1. The van der Waals surface area contributed by atoms with Gasteiger partial charge in [-0.25, -0.2) is 5.48 Å². The molecule has 0 spiro atoms. The molecule has 0 aliphatic carbocycles. The first kappa shape index (κ1) is 15.2. The molecule has 0 saturated carbocycles. The summed E-state index contributed by atoms with van der Waals surface area (Å²) >= 11 is 0. The van der Waals surface area contributed by atoms with Gasteiger partial charge in [0, 0.05) is 0 Å².